The number of rotatable bonds is 4. The van der Waals surface area contributed by atoms with E-state index in [9.17, 15) is 18.0 Å². The van der Waals surface area contributed by atoms with Gasteiger partial charge in [-0.05, 0) is 43.3 Å². The van der Waals surface area contributed by atoms with Gasteiger partial charge in [0.15, 0.2) is 29.0 Å². The Labute approximate surface area is 146 Å². The van der Waals surface area contributed by atoms with Crippen LogP contribution in [0.5, 0.6) is 0 Å². The summed E-state index contributed by atoms with van der Waals surface area (Å²) in [4.78, 5) is 12.1. The molecule has 3 rings (SSSR count). The Bertz CT molecular complexity index is 944. The summed E-state index contributed by atoms with van der Waals surface area (Å²) < 4.78 is 39.7. The van der Waals surface area contributed by atoms with Gasteiger partial charge in [-0.15, -0.1) is 10.2 Å². The maximum Gasteiger partial charge on any atom is 0.276 e. The molecule has 8 heteroatoms. The van der Waals surface area contributed by atoms with Crippen LogP contribution in [0, 0.1) is 24.4 Å². The van der Waals surface area contributed by atoms with Gasteiger partial charge in [0.05, 0.1) is 5.69 Å². The van der Waals surface area contributed by atoms with E-state index in [0.29, 0.717) is 11.9 Å². The number of carbonyl (C=O) groups excluding carboxylic acids is 1. The molecule has 0 saturated heterocycles. The lowest BCUT2D eigenvalue weighted by Gasteiger charge is -2.08. The van der Waals surface area contributed by atoms with E-state index >= 15 is 0 Å². The van der Waals surface area contributed by atoms with Crippen LogP contribution in [0.15, 0.2) is 48.5 Å². The lowest BCUT2D eigenvalue weighted by atomic mass is 10.2. The molecule has 1 aromatic heterocycles. The van der Waals surface area contributed by atoms with Crippen molar-refractivity contribution in [2.24, 2.45) is 0 Å². The van der Waals surface area contributed by atoms with Gasteiger partial charge in [0.1, 0.15) is 0 Å². The second-order valence-corrected chi connectivity index (χ2v) is 5.47. The first kappa shape index (κ1) is 17.4. The van der Waals surface area contributed by atoms with Gasteiger partial charge in [-0.3, -0.25) is 4.79 Å². The molecule has 0 fully saturated rings. The van der Waals surface area contributed by atoms with Crippen molar-refractivity contribution in [1.29, 1.82) is 0 Å². The Hall–Kier alpha value is -3.42. The topological polar surface area (TPSA) is 66.9 Å². The Morgan fingerprint density at radius 3 is 2.27 bits per heavy atom. The van der Waals surface area contributed by atoms with Gasteiger partial charge in [-0.25, -0.2) is 13.2 Å². The van der Waals surface area contributed by atoms with Crippen molar-refractivity contribution in [2.75, 3.05) is 10.6 Å². The fraction of sp³-hybridized carbons (Fsp3) is 0.0556. The van der Waals surface area contributed by atoms with E-state index in [1.807, 2.05) is 31.2 Å². The minimum Gasteiger partial charge on any atom is -0.339 e. The first-order valence-corrected chi connectivity index (χ1v) is 7.56. The lowest BCUT2D eigenvalue weighted by Crippen LogP contribution is -2.16. The van der Waals surface area contributed by atoms with E-state index < -0.39 is 29.0 Å². The molecule has 1 amide bonds. The third-order valence-electron chi connectivity index (χ3n) is 3.50. The van der Waals surface area contributed by atoms with Crippen LogP contribution in [0.3, 0.4) is 0 Å². The third-order valence-corrected chi connectivity index (χ3v) is 3.50. The highest BCUT2D eigenvalue weighted by Gasteiger charge is 2.16. The summed E-state index contributed by atoms with van der Waals surface area (Å²) in [6, 6.07) is 12.1. The molecule has 132 valence electrons. The number of halogens is 3. The van der Waals surface area contributed by atoms with E-state index in [1.54, 1.807) is 0 Å². The van der Waals surface area contributed by atoms with Crippen molar-refractivity contribution in [1.82, 2.24) is 10.2 Å². The van der Waals surface area contributed by atoms with Crippen molar-refractivity contribution in [2.45, 2.75) is 6.92 Å². The van der Waals surface area contributed by atoms with Crippen LogP contribution in [-0.4, -0.2) is 16.1 Å². The number of nitrogens with zero attached hydrogens (tertiary/aromatic N) is 2. The summed E-state index contributed by atoms with van der Waals surface area (Å²) in [7, 11) is 0. The van der Waals surface area contributed by atoms with Crippen LogP contribution < -0.4 is 10.6 Å². The molecule has 0 aliphatic heterocycles. The fourth-order valence-corrected chi connectivity index (χ4v) is 2.11. The molecule has 0 aliphatic rings. The molecular weight excluding hydrogens is 345 g/mol. The third kappa shape index (κ3) is 3.80. The van der Waals surface area contributed by atoms with Crippen LogP contribution in [0.2, 0.25) is 0 Å². The van der Waals surface area contributed by atoms with Crippen molar-refractivity contribution in [3.63, 3.8) is 0 Å². The van der Waals surface area contributed by atoms with E-state index in [-0.39, 0.29) is 5.69 Å². The molecule has 0 unspecified atom stereocenters. The molecule has 2 N–H and O–H groups in total. The summed E-state index contributed by atoms with van der Waals surface area (Å²) in [5.74, 6) is -4.88. The Morgan fingerprint density at radius 1 is 0.885 bits per heavy atom. The number of carbonyl (C=O) groups is 1. The van der Waals surface area contributed by atoms with Crippen molar-refractivity contribution in [3.8, 4) is 0 Å². The predicted molar refractivity (Wildman–Crippen MR) is 90.8 cm³/mol. The van der Waals surface area contributed by atoms with Crippen molar-refractivity contribution >= 4 is 23.1 Å². The molecule has 0 saturated carbocycles. The number of aryl methyl sites for hydroxylation is 1. The van der Waals surface area contributed by atoms with E-state index in [2.05, 4.69) is 20.8 Å². The van der Waals surface area contributed by atoms with E-state index in [0.717, 1.165) is 17.3 Å². The van der Waals surface area contributed by atoms with Gasteiger partial charge in [0.25, 0.3) is 5.91 Å². The molecule has 0 aliphatic carbocycles. The molecule has 5 nitrogen and oxygen atoms in total. The molecule has 2 aromatic carbocycles. The molecular formula is C18H13F3N4O. The van der Waals surface area contributed by atoms with Crippen LogP contribution >= 0.6 is 0 Å². The van der Waals surface area contributed by atoms with Crippen LogP contribution in [0.4, 0.5) is 30.4 Å². The summed E-state index contributed by atoms with van der Waals surface area (Å²) >= 11 is 0. The first-order valence-electron chi connectivity index (χ1n) is 7.56. The number of anilines is 3. The molecule has 3 aromatic rings. The van der Waals surface area contributed by atoms with E-state index in [1.165, 1.54) is 12.1 Å². The number of amides is 1. The zero-order valence-electron chi connectivity index (χ0n) is 13.6. The zero-order valence-corrected chi connectivity index (χ0v) is 13.6. The lowest BCUT2D eigenvalue weighted by molar-refractivity contribution is 0.102. The number of hydrogen-bond acceptors (Lipinski definition) is 4. The molecule has 0 radical (unpaired) electrons. The zero-order chi connectivity index (χ0) is 18.7. The Morgan fingerprint density at radius 2 is 1.62 bits per heavy atom. The maximum absolute atomic E-state index is 13.6. The van der Waals surface area contributed by atoms with Gasteiger partial charge in [0.2, 0.25) is 0 Å². The second-order valence-electron chi connectivity index (χ2n) is 5.47. The average Bonchev–Trinajstić information content (AvgIpc) is 2.64. The van der Waals surface area contributed by atoms with Crippen molar-refractivity contribution < 1.29 is 18.0 Å². The molecule has 0 spiro atoms. The standard InChI is InChI=1S/C18H13F3N4O/c1-10-2-4-11(5-3-10)22-15-9-8-14(24-25-15)18(26)23-13-7-6-12(19)16(20)17(13)21/h2-9H,1H3,(H,22,25)(H,23,26). The van der Waals surface area contributed by atoms with Gasteiger partial charge in [-0.1, -0.05) is 17.7 Å². The summed E-state index contributed by atoms with van der Waals surface area (Å²) in [5, 5.41) is 12.7. The van der Waals surface area contributed by atoms with Crippen molar-refractivity contribution in [3.05, 3.63) is 77.2 Å². The highest BCUT2D eigenvalue weighted by molar-refractivity contribution is 6.02. The summed E-state index contributed by atoms with van der Waals surface area (Å²) in [6.45, 7) is 1.97. The predicted octanol–water partition coefficient (Wildman–Crippen LogP) is 4.20. The second kappa shape index (κ2) is 7.22. The fourth-order valence-electron chi connectivity index (χ4n) is 2.11. The monoisotopic (exact) mass is 358 g/mol. The largest absolute Gasteiger partial charge is 0.339 e. The minimum atomic E-state index is -1.66. The van der Waals surface area contributed by atoms with Gasteiger partial charge in [-0.2, -0.15) is 0 Å². The molecule has 26 heavy (non-hydrogen) atoms. The average molecular weight is 358 g/mol. The number of hydrogen-bond donors (Lipinski definition) is 2. The minimum absolute atomic E-state index is 0.108. The first-order chi connectivity index (χ1) is 12.4. The number of aromatic nitrogens is 2. The van der Waals surface area contributed by atoms with Crippen LogP contribution in [0.25, 0.3) is 0 Å². The van der Waals surface area contributed by atoms with Crippen LogP contribution in [-0.2, 0) is 0 Å². The normalized spacial score (nSPS) is 10.5. The smallest absolute Gasteiger partial charge is 0.276 e. The number of nitrogens with one attached hydrogen (secondary N) is 2. The highest BCUT2D eigenvalue weighted by Crippen LogP contribution is 2.20. The van der Waals surface area contributed by atoms with Gasteiger partial charge >= 0.3 is 0 Å². The van der Waals surface area contributed by atoms with E-state index in [4.69, 9.17) is 0 Å². The summed E-state index contributed by atoms with van der Waals surface area (Å²) in [6.07, 6.45) is 0. The SMILES string of the molecule is Cc1ccc(Nc2ccc(C(=O)Nc3ccc(F)c(F)c3F)nn2)cc1. The van der Waals surface area contributed by atoms with Crippen LogP contribution in [0.1, 0.15) is 16.1 Å². The van der Waals surface area contributed by atoms with Gasteiger partial charge < -0.3 is 10.6 Å². The summed E-state index contributed by atoms with van der Waals surface area (Å²) in [5.41, 5.74) is 1.31. The number of benzene rings is 2. The molecule has 0 atom stereocenters. The molecule has 1 heterocycles. The van der Waals surface area contributed by atoms with Gasteiger partial charge in [0, 0.05) is 5.69 Å². The Balaban J connectivity index is 1.71. The molecule has 0 bridgehead atoms. The highest BCUT2D eigenvalue weighted by atomic mass is 19.2. The quantitative estimate of drug-likeness (QED) is 0.686. The maximum atomic E-state index is 13.6. The Kier molecular flexibility index (Phi) is 4.83.